The number of carbonyl (C=O) groups is 1. The number of rotatable bonds is 5. The first-order valence-electron chi connectivity index (χ1n) is 8.94. The summed E-state index contributed by atoms with van der Waals surface area (Å²) in [5.41, 5.74) is 1.54. The van der Waals surface area contributed by atoms with E-state index >= 15 is 0 Å². The Morgan fingerprint density at radius 2 is 1.48 bits per heavy atom. The van der Waals surface area contributed by atoms with Crippen molar-refractivity contribution in [1.29, 1.82) is 0 Å². The van der Waals surface area contributed by atoms with Gasteiger partial charge in [0.05, 0.1) is 27.4 Å². The molecule has 0 aliphatic carbocycles. The fraction of sp³-hybridized carbons (Fsp3) is 0.381. The molecule has 0 N–H and O–H groups in total. The SMILES string of the molecule is COc1ccccc1C1CN(C(=O)c2c(OC)cccc2OC)CCN1C. The van der Waals surface area contributed by atoms with Crippen molar-refractivity contribution in [3.05, 3.63) is 53.6 Å². The van der Waals surface area contributed by atoms with Gasteiger partial charge in [0, 0.05) is 25.2 Å². The molecule has 1 aliphatic rings. The number of hydrogen-bond acceptors (Lipinski definition) is 5. The number of para-hydroxylation sites is 1. The van der Waals surface area contributed by atoms with Gasteiger partial charge in [-0.25, -0.2) is 0 Å². The molecule has 1 heterocycles. The second-order valence-electron chi connectivity index (χ2n) is 6.53. The van der Waals surface area contributed by atoms with Crippen LogP contribution in [0.2, 0.25) is 0 Å². The molecule has 27 heavy (non-hydrogen) atoms. The van der Waals surface area contributed by atoms with E-state index < -0.39 is 0 Å². The monoisotopic (exact) mass is 370 g/mol. The summed E-state index contributed by atoms with van der Waals surface area (Å²) in [5, 5.41) is 0. The number of carbonyl (C=O) groups excluding carboxylic acids is 1. The molecule has 0 aromatic heterocycles. The van der Waals surface area contributed by atoms with Crippen LogP contribution in [0.5, 0.6) is 17.2 Å². The standard InChI is InChI=1S/C21H26N2O4/c1-22-12-13-23(14-16(22)15-8-5-6-9-17(15)25-2)21(24)20-18(26-3)10-7-11-19(20)27-4/h5-11,16H,12-14H2,1-4H3. The third-order valence-electron chi connectivity index (χ3n) is 5.07. The molecule has 3 rings (SSSR count). The average molecular weight is 370 g/mol. The van der Waals surface area contributed by atoms with E-state index in [4.69, 9.17) is 14.2 Å². The zero-order chi connectivity index (χ0) is 19.4. The lowest BCUT2D eigenvalue weighted by atomic mass is 10.0. The topological polar surface area (TPSA) is 51.2 Å². The molecule has 1 unspecified atom stereocenters. The number of hydrogen-bond donors (Lipinski definition) is 0. The van der Waals surface area contributed by atoms with Crippen LogP contribution in [0.1, 0.15) is 22.0 Å². The average Bonchev–Trinajstić information content (AvgIpc) is 2.72. The van der Waals surface area contributed by atoms with Crippen LogP contribution in [-0.2, 0) is 0 Å². The van der Waals surface area contributed by atoms with Crippen molar-refractivity contribution in [2.75, 3.05) is 48.0 Å². The van der Waals surface area contributed by atoms with Crippen molar-refractivity contribution < 1.29 is 19.0 Å². The van der Waals surface area contributed by atoms with Crippen molar-refractivity contribution in [3.8, 4) is 17.2 Å². The minimum absolute atomic E-state index is 0.0551. The Kier molecular flexibility index (Phi) is 5.86. The van der Waals surface area contributed by atoms with Crippen LogP contribution in [0.4, 0.5) is 0 Å². The van der Waals surface area contributed by atoms with Gasteiger partial charge in [0.15, 0.2) is 0 Å². The molecule has 2 aromatic carbocycles. The molecular formula is C21H26N2O4. The van der Waals surface area contributed by atoms with Gasteiger partial charge in [-0.3, -0.25) is 9.69 Å². The van der Waals surface area contributed by atoms with Crippen molar-refractivity contribution in [3.63, 3.8) is 0 Å². The summed E-state index contributed by atoms with van der Waals surface area (Å²) in [6.45, 7) is 1.98. The molecule has 0 spiro atoms. The maximum atomic E-state index is 13.3. The van der Waals surface area contributed by atoms with E-state index in [9.17, 15) is 4.79 Å². The lowest BCUT2D eigenvalue weighted by Gasteiger charge is -2.40. The minimum atomic E-state index is -0.0858. The summed E-state index contributed by atoms with van der Waals surface area (Å²) in [4.78, 5) is 17.4. The van der Waals surface area contributed by atoms with Crippen molar-refractivity contribution >= 4 is 5.91 Å². The first-order chi connectivity index (χ1) is 13.1. The van der Waals surface area contributed by atoms with E-state index in [-0.39, 0.29) is 11.9 Å². The molecule has 1 aliphatic heterocycles. The number of amides is 1. The Morgan fingerprint density at radius 1 is 0.889 bits per heavy atom. The van der Waals surface area contributed by atoms with Gasteiger partial charge >= 0.3 is 0 Å². The van der Waals surface area contributed by atoms with Crippen LogP contribution in [0.25, 0.3) is 0 Å². The number of piperazine rings is 1. The van der Waals surface area contributed by atoms with Gasteiger partial charge in [0.2, 0.25) is 0 Å². The molecule has 0 saturated carbocycles. The molecule has 0 radical (unpaired) electrons. The van der Waals surface area contributed by atoms with Crippen LogP contribution in [0.15, 0.2) is 42.5 Å². The number of benzene rings is 2. The molecule has 0 bridgehead atoms. The van der Waals surface area contributed by atoms with Crippen molar-refractivity contribution in [2.45, 2.75) is 6.04 Å². The molecule has 1 saturated heterocycles. The lowest BCUT2D eigenvalue weighted by molar-refractivity contribution is 0.0536. The predicted molar refractivity (Wildman–Crippen MR) is 104 cm³/mol. The van der Waals surface area contributed by atoms with E-state index in [1.54, 1.807) is 33.5 Å². The number of nitrogens with zero attached hydrogens (tertiary/aromatic N) is 2. The Bertz CT molecular complexity index is 786. The van der Waals surface area contributed by atoms with Crippen LogP contribution in [0, 0.1) is 0 Å². The van der Waals surface area contributed by atoms with Crippen molar-refractivity contribution in [2.24, 2.45) is 0 Å². The van der Waals surface area contributed by atoms with Gasteiger partial charge in [-0.15, -0.1) is 0 Å². The Balaban J connectivity index is 1.92. The Morgan fingerprint density at radius 3 is 2.11 bits per heavy atom. The van der Waals surface area contributed by atoms with Gasteiger partial charge in [0.1, 0.15) is 22.8 Å². The molecule has 1 atom stereocenters. The zero-order valence-corrected chi connectivity index (χ0v) is 16.3. The summed E-state index contributed by atoms with van der Waals surface area (Å²) < 4.78 is 16.4. The van der Waals surface area contributed by atoms with Crippen molar-refractivity contribution in [1.82, 2.24) is 9.80 Å². The van der Waals surface area contributed by atoms with Gasteiger partial charge in [-0.1, -0.05) is 24.3 Å². The number of ether oxygens (including phenoxy) is 3. The molecule has 2 aromatic rings. The predicted octanol–water partition coefficient (Wildman–Crippen LogP) is 2.84. The minimum Gasteiger partial charge on any atom is -0.496 e. The second kappa shape index (κ2) is 8.31. The summed E-state index contributed by atoms with van der Waals surface area (Å²) in [7, 11) is 6.87. The Labute approximate surface area is 160 Å². The summed E-state index contributed by atoms with van der Waals surface area (Å²) in [6.07, 6.45) is 0. The van der Waals surface area contributed by atoms with E-state index in [2.05, 4.69) is 18.0 Å². The highest BCUT2D eigenvalue weighted by molar-refractivity contribution is 5.99. The highest BCUT2D eigenvalue weighted by atomic mass is 16.5. The van der Waals surface area contributed by atoms with Crippen LogP contribution in [0.3, 0.4) is 0 Å². The molecule has 144 valence electrons. The van der Waals surface area contributed by atoms with E-state index in [1.807, 2.05) is 29.2 Å². The third-order valence-corrected chi connectivity index (χ3v) is 5.07. The highest BCUT2D eigenvalue weighted by Crippen LogP contribution is 2.34. The number of likely N-dealkylation sites (N-methyl/N-ethyl adjacent to an activating group) is 1. The normalized spacial score (nSPS) is 17.5. The maximum absolute atomic E-state index is 13.3. The largest absolute Gasteiger partial charge is 0.496 e. The van der Waals surface area contributed by atoms with Crippen LogP contribution >= 0.6 is 0 Å². The summed E-state index contributed by atoms with van der Waals surface area (Å²) in [6, 6.07) is 13.4. The smallest absolute Gasteiger partial charge is 0.261 e. The molecule has 1 amide bonds. The summed E-state index contributed by atoms with van der Waals surface area (Å²) >= 11 is 0. The van der Waals surface area contributed by atoms with Crippen LogP contribution in [-0.4, -0.2) is 63.7 Å². The maximum Gasteiger partial charge on any atom is 0.261 e. The summed E-state index contributed by atoms with van der Waals surface area (Å²) in [5.74, 6) is 1.79. The fourth-order valence-electron chi connectivity index (χ4n) is 3.56. The second-order valence-corrected chi connectivity index (χ2v) is 6.53. The first kappa shape index (κ1) is 19.0. The first-order valence-corrected chi connectivity index (χ1v) is 8.94. The van der Waals surface area contributed by atoms with Gasteiger partial charge < -0.3 is 19.1 Å². The van der Waals surface area contributed by atoms with Gasteiger partial charge in [-0.2, -0.15) is 0 Å². The van der Waals surface area contributed by atoms with Gasteiger partial charge in [0.25, 0.3) is 5.91 Å². The van der Waals surface area contributed by atoms with E-state index in [0.29, 0.717) is 30.2 Å². The van der Waals surface area contributed by atoms with Gasteiger partial charge in [-0.05, 0) is 25.2 Å². The zero-order valence-electron chi connectivity index (χ0n) is 16.3. The highest BCUT2D eigenvalue weighted by Gasteiger charge is 2.32. The molecule has 6 nitrogen and oxygen atoms in total. The number of methoxy groups -OCH3 is 3. The van der Waals surface area contributed by atoms with E-state index in [1.165, 1.54) is 0 Å². The fourth-order valence-corrected chi connectivity index (χ4v) is 3.56. The molecule has 1 fully saturated rings. The molecular weight excluding hydrogens is 344 g/mol. The molecule has 6 heteroatoms. The lowest BCUT2D eigenvalue weighted by Crippen LogP contribution is -2.49. The Hall–Kier alpha value is -2.73. The third kappa shape index (κ3) is 3.71. The van der Waals surface area contributed by atoms with Crippen LogP contribution < -0.4 is 14.2 Å². The quantitative estimate of drug-likeness (QED) is 0.810. The van der Waals surface area contributed by atoms with E-state index in [0.717, 1.165) is 17.9 Å².